The lowest BCUT2D eigenvalue weighted by molar-refractivity contribution is -0.0586. The van der Waals surface area contributed by atoms with Gasteiger partial charge in [-0.05, 0) is 50.2 Å². The maximum atomic E-state index is 12.7. The number of rotatable bonds is 3. The highest BCUT2D eigenvalue weighted by molar-refractivity contribution is 6.07. The van der Waals surface area contributed by atoms with Crippen LogP contribution in [0.3, 0.4) is 0 Å². The molecule has 1 aliphatic heterocycles. The summed E-state index contributed by atoms with van der Waals surface area (Å²) in [7, 11) is 0. The molecule has 6 heteroatoms. The molecule has 0 bridgehead atoms. The minimum Gasteiger partial charge on any atom is -0.398 e. The fraction of sp³-hybridized carbons (Fsp3) is 0.300. The zero-order chi connectivity index (χ0) is 18.7. The van der Waals surface area contributed by atoms with Crippen LogP contribution in [0.2, 0.25) is 0 Å². The van der Waals surface area contributed by atoms with Gasteiger partial charge >= 0.3 is 0 Å². The highest BCUT2D eigenvalue weighted by Gasteiger charge is 2.26. The molecule has 136 valence electrons. The number of nitrogens with one attached hydrogen (secondary N) is 1. The van der Waals surface area contributed by atoms with Crippen molar-refractivity contribution in [1.29, 1.82) is 0 Å². The molecule has 1 fully saturated rings. The van der Waals surface area contributed by atoms with Gasteiger partial charge in [-0.25, -0.2) is 0 Å². The molecule has 0 aromatic heterocycles. The fourth-order valence-electron chi connectivity index (χ4n) is 3.12. The molecule has 1 saturated heterocycles. The van der Waals surface area contributed by atoms with Crippen LogP contribution < -0.4 is 11.1 Å². The number of ether oxygens (including phenoxy) is 1. The second-order valence-electron chi connectivity index (χ2n) is 6.59. The number of nitrogens with zero attached hydrogens (tertiary/aromatic N) is 1. The second-order valence-corrected chi connectivity index (χ2v) is 6.59. The smallest absolute Gasteiger partial charge is 0.257 e. The molecular weight excluding hydrogens is 330 g/mol. The molecule has 2 atom stereocenters. The Labute approximate surface area is 152 Å². The molecule has 3 N–H and O–H groups in total. The SMILES string of the molecule is CC1CN(C(=O)c2ccc(NC(=O)c3ccccc3N)cc2)CC(C)O1. The van der Waals surface area contributed by atoms with Crippen LogP contribution in [-0.2, 0) is 4.74 Å². The number of para-hydroxylation sites is 1. The Balaban J connectivity index is 1.67. The predicted octanol–water partition coefficient (Wildman–Crippen LogP) is 2.77. The molecule has 0 aliphatic carbocycles. The van der Waals surface area contributed by atoms with Crippen molar-refractivity contribution < 1.29 is 14.3 Å². The van der Waals surface area contributed by atoms with Crippen molar-refractivity contribution in [3.05, 3.63) is 59.7 Å². The first kappa shape index (κ1) is 17.9. The summed E-state index contributed by atoms with van der Waals surface area (Å²) in [4.78, 5) is 26.8. The van der Waals surface area contributed by atoms with E-state index in [4.69, 9.17) is 10.5 Å². The maximum absolute atomic E-state index is 12.7. The molecule has 3 rings (SSSR count). The summed E-state index contributed by atoms with van der Waals surface area (Å²) in [5.41, 5.74) is 7.86. The van der Waals surface area contributed by atoms with Gasteiger partial charge < -0.3 is 20.7 Å². The summed E-state index contributed by atoms with van der Waals surface area (Å²) in [5.74, 6) is -0.310. The standard InChI is InChI=1S/C20H23N3O3/c1-13-11-23(12-14(2)26-13)20(25)15-7-9-16(10-8-15)22-19(24)17-5-3-4-6-18(17)21/h3-10,13-14H,11-12,21H2,1-2H3,(H,22,24). The van der Waals surface area contributed by atoms with Gasteiger partial charge in [-0.15, -0.1) is 0 Å². The first-order chi connectivity index (χ1) is 12.4. The lowest BCUT2D eigenvalue weighted by atomic mass is 10.1. The minimum atomic E-state index is -0.280. The molecule has 1 aliphatic rings. The van der Waals surface area contributed by atoms with Crippen molar-refractivity contribution in [2.75, 3.05) is 24.1 Å². The number of morpholine rings is 1. The molecule has 1 heterocycles. The quantitative estimate of drug-likeness (QED) is 0.831. The number of hydrogen-bond donors (Lipinski definition) is 2. The van der Waals surface area contributed by atoms with Gasteiger partial charge in [0.25, 0.3) is 11.8 Å². The monoisotopic (exact) mass is 353 g/mol. The molecule has 0 radical (unpaired) electrons. The van der Waals surface area contributed by atoms with Gasteiger partial charge in [-0.3, -0.25) is 9.59 Å². The van der Waals surface area contributed by atoms with E-state index in [1.54, 1.807) is 53.4 Å². The lowest BCUT2D eigenvalue weighted by Gasteiger charge is -2.35. The Bertz CT molecular complexity index is 794. The molecule has 0 spiro atoms. The third-order valence-corrected chi connectivity index (χ3v) is 4.30. The van der Waals surface area contributed by atoms with E-state index < -0.39 is 0 Å². The Morgan fingerprint density at radius 3 is 2.27 bits per heavy atom. The van der Waals surface area contributed by atoms with Crippen molar-refractivity contribution in [2.45, 2.75) is 26.1 Å². The Morgan fingerprint density at radius 1 is 1.04 bits per heavy atom. The molecular formula is C20H23N3O3. The van der Waals surface area contributed by atoms with Crippen LogP contribution in [-0.4, -0.2) is 42.0 Å². The third-order valence-electron chi connectivity index (χ3n) is 4.30. The van der Waals surface area contributed by atoms with E-state index in [9.17, 15) is 9.59 Å². The van der Waals surface area contributed by atoms with Crippen molar-refractivity contribution in [3.8, 4) is 0 Å². The summed E-state index contributed by atoms with van der Waals surface area (Å²) in [6, 6.07) is 13.8. The van der Waals surface area contributed by atoms with Gasteiger partial charge in [0.1, 0.15) is 0 Å². The summed E-state index contributed by atoms with van der Waals surface area (Å²) in [6.07, 6.45) is 0.0511. The lowest BCUT2D eigenvalue weighted by Crippen LogP contribution is -2.48. The van der Waals surface area contributed by atoms with Gasteiger partial charge in [0, 0.05) is 30.0 Å². The van der Waals surface area contributed by atoms with Crippen LogP contribution in [0.1, 0.15) is 34.6 Å². The van der Waals surface area contributed by atoms with E-state index in [1.165, 1.54) is 0 Å². The summed E-state index contributed by atoms with van der Waals surface area (Å²) in [6.45, 7) is 5.08. The minimum absolute atomic E-state index is 0.0255. The van der Waals surface area contributed by atoms with Crippen molar-refractivity contribution in [3.63, 3.8) is 0 Å². The van der Waals surface area contributed by atoms with Crippen LogP contribution >= 0.6 is 0 Å². The van der Waals surface area contributed by atoms with Crippen LogP contribution in [0.4, 0.5) is 11.4 Å². The number of carbonyl (C=O) groups excluding carboxylic acids is 2. The van der Waals surface area contributed by atoms with Gasteiger partial charge in [0.05, 0.1) is 17.8 Å². The van der Waals surface area contributed by atoms with Crippen molar-refractivity contribution in [1.82, 2.24) is 4.90 Å². The summed E-state index contributed by atoms with van der Waals surface area (Å²) in [5, 5.41) is 2.79. The zero-order valence-electron chi connectivity index (χ0n) is 14.9. The number of hydrogen-bond acceptors (Lipinski definition) is 4. The van der Waals surface area contributed by atoms with E-state index in [0.717, 1.165) is 0 Å². The van der Waals surface area contributed by atoms with E-state index >= 15 is 0 Å². The van der Waals surface area contributed by atoms with E-state index in [2.05, 4.69) is 5.32 Å². The van der Waals surface area contributed by atoms with Crippen LogP contribution in [0.5, 0.6) is 0 Å². The van der Waals surface area contributed by atoms with Gasteiger partial charge in [0.2, 0.25) is 0 Å². The third kappa shape index (κ3) is 4.03. The summed E-state index contributed by atoms with van der Waals surface area (Å²) >= 11 is 0. The molecule has 2 aromatic carbocycles. The normalized spacial score (nSPS) is 19.8. The molecule has 26 heavy (non-hydrogen) atoms. The van der Waals surface area contributed by atoms with Crippen molar-refractivity contribution in [2.24, 2.45) is 0 Å². The van der Waals surface area contributed by atoms with Gasteiger partial charge in [-0.1, -0.05) is 12.1 Å². The number of amides is 2. The van der Waals surface area contributed by atoms with Crippen LogP contribution in [0.25, 0.3) is 0 Å². The predicted molar refractivity (Wildman–Crippen MR) is 101 cm³/mol. The number of anilines is 2. The largest absolute Gasteiger partial charge is 0.398 e. The highest BCUT2D eigenvalue weighted by atomic mass is 16.5. The van der Waals surface area contributed by atoms with E-state index in [0.29, 0.717) is 35.6 Å². The first-order valence-electron chi connectivity index (χ1n) is 8.64. The second kappa shape index (κ2) is 7.58. The number of benzene rings is 2. The average molecular weight is 353 g/mol. The Kier molecular flexibility index (Phi) is 5.23. The van der Waals surface area contributed by atoms with Crippen LogP contribution in [0, 0.1) is 0 Å². The topological polar surface area (TPSA) is 84.7 Å². The molecule has 2 unspecified atom stereocenters. The van der Waals surface area contributed by atoms with Gasteiger partial charge in [-0.2, -0.15) is 0 Å². The average Bonchev–Trinajstić information content (AvgIpc) is 2.61. The zero-order valence-corrected chi connectivity index (χ0v) is 14.9. The molecule has 2 aromatic rings. The molecule has 2 amide bonds. The highest BCUT2D eigenvalue weighted by Crippen LogP contribution is 2.18. The van der Waals surface area contributed by atoms with E-state index in [1.807, 2.05) is 13.8 Å². The van der Waals surface area contributed by atoms with Gasteiger partial charge in [0.15, 0.2) is 0 Å². The van der Waals surface area contributed by atoms with E-state index in [-0.39, 0.29) is 24.0 Å². The Morgan fingerprint density at radius 2 is 1.65 bits per heavy atom. The molecule has 6 nitrogen and oxygen atoms in total. The first-order valence-corrected chi connectivity index (χ1v) is 8.64. The Hall–Kier alpha value is -2.86. The fourth-order valence-corrected chi connectivity index (χ4v) is 3.12. The summed E-state index contributed by atoms with van der Waals surface area (Å²) < 4.78 is 5.67. The number of nitrogen functional groups attached to an aromatic ring is 1. The maximum Gasteiger partial charge on any atom is 0.257 e. The van der Waals surface area contributed by atoms with Crippen molar-refractivity contribution >= 4 is 23.2 Å². The molecule has 0 saturated carbocycles. The number of nitrogens with two attached hydrogens (primary N) is 1. The van der Waals surface area contributed by atoms with Crippen LogP contribution in [0.15, 0.2) is 48.5 Å². The number of carbonyl (C=O) groups is 2.